The third kappa shape index (κ3) is 3.10. The summed E-state index contributed by atoms with van der Waals surface area (Å²) in [7, 11) is 4.65. The summed E-state index contributed by atoms with van der Waals surface area (Å²) in [6.45, 7) is 2.01. The number of nitrogens with zero attached hydrogens (tertiary/aromatic N) is 2. The molecule has 0 aliphatic carbocycles. The number of aryl methyl sites for hydroxylation is 1. The van der Waals surface area contributed by atoms with Crippen LogP contribution in [-0.2, 0) is 5.11 Å². The number of ether oxygens (including phenoxy) is 3. The van der Waals surface area contributed by atoms with Gasteiger partial charge in [-0.05, 0) is 31.2 Å². The van der Waals surface area contributed by atoms with E-state index in [-0.39, 0.29) is 5.88 Å². The Kier molecular flexibility index (Phi) is 4.52. The van der Waals surface area contributed by atoms with Gasteiger partial charge < -0.3 is 14.2 Å². The maximum Gasteiger partial charge on any atom is 0.288 e. The average molecular weight is 339 g/mol. The van der Waals surface area contributed by atoms with Gasteiger partial charge in [-0.3, -0.25) is 5.11 Å². The second kappa shape index (κ2) is 6.76. The molecule has 0 aliphatic heterocycles. The van der Waals surface area contributed by atoms with E-state index in [2.05, 4.69) is 5.10 Å². The van der Waals surface area contributed by atoms with Gasteiger partial charge in [-0.25, -0.2) is 4.68 Å². The molecule has 6 heteroatoms. The van der Waals surface area contributed by atoms with E-state index in [9.17, 15) is 5.11 Å². The van der Waals surface area contributed by atoms with Crippen molar-refractivity contribution in [2.45, 2.75) is 6.92 Å². The first-order valence-corrected chi connectivity index (χ1v) is 7.72. The lowest BCUT2D eigenvalue weighted by Crippen LogP contribution is -2.00. The number of methoxy groups -OCH3 is 3. The molecule has 0 saturated carbocycles. The first-order chi connectivity index (χ1) is 12.1. The van der Waals surface area contributed by atoms with E-state index in [4.69, 9.17) is 14.2 Å². The maximum absolute atomic E-state index is 11.9. The first-order valence-electron chi connectivity index (χ1n) is 7.72. The van der Waals surface area contributed by atoms with Crippen molar-refractivity contribution in [3.63, 3.8) is 0 Å². The van der Waals surface area contributed by atoms with Crippen LogP contribution in [0.15, 0.2) is 42.5 Å². The van der Waals surface area contributed by atoms with Gasteiger partial charge in [-0.15, -0.1) is 5.10 Å². The second-order valence-electron chi connectivity index (χ2n) is 5.53. The molecule has 3 aromatic rings. The Balaban J connectivity index is 2.19. The molecule has 0 aliphatic rings. The number of aromatic nitrogens is 2. The average Bonchev–Trinajstić information content (AvgIpc) is 3.02. The molecule has 0 fully saturated rings. The van der Waals surface area contributed by atoms with Crippen LogP contribution in [0.5, 0.6) is 23.1 Å². The van der Waals surface area contributed by atoms with E-state index in [0.717, 1.165) is 16.8 Å². The molecule has 0 N–H and O–H groups in total. The lowest BCUT2D eigenvalue weighted by Gasteiger charge is -2.15. The van der Waals surface area contributed by atoms with Crippen LogP contribution in [-0.4, -0.2) is 31.1 Å². The minimum absolute atomic E-state index is 0.315. The zero-order valence-electron chi connectivity index (χ0n) is 14.6. The van der Waals surface area contributed by atoms with Gasteiger partial charge in [0.1, 0.15) is 0 Å². The maximum atomic E-state index is 11.9. The quantitative estimate of drug-likeness (QED) is 0.704. The Labute approximate surface area is 146 Å². The normalized spacial score (nSPS) is 10.6. The molecule has 1 aromatic heterocycles. The summed E-state index contributed by atoms with van der Waals surface area (Å²) in [5.74, 6) is 1.21. The molecule has 3 rings (SSSR count). The van der Waals surface area contributed by atoms with Crippen LogP contribution in [0.25, 0.3) is 16.9 Å². The van der Waals surface area contributed by atoms with E-state index in [0.29, 0.717) is 22.9 Å². The molecule has 6 nitrogen and oxygen atoms in total. The van der Waals surface area contributed by atoms with Gasteiger partial charge in [0.15, 0.2) is 11.5 Å². The summed E-state index contributed by atoms with van der Waals surface area (Å²) in [4.78, 5) is 0. The van der Waals surface area contributed by atoms with Gasteiger partial charge in [-0.2, -0.15) is 0 Å². The summed E-state index contributed by atoms with van der Waals surface area (Å²) < 4.78 is 17.8. The molecular weight excluding hydrogens is 320 g/mol. The monoisotopic (exact) mass is 339 g/mol. The molecule has 0 spiro atoms. The third-order valence-corrected chi connectivity index (χ3v) is 3.93. The van der Waals surface area contributed by atoms with Crippen LogP contribution in [0.4, 0.5) is 0 Å². The van der Waals surface area contributed by atoms with Crippen molar-refractivity contribution < 1.29 is 19.3 Å². The van der Waals surface area contributed by atoms with E-state index in [1.807, 2.05) is 31.2 Å². The Morgan fingerprint density at radius 3 is 2.00 bits per heavy atom. The third-order valence-electron chi connectivity index (χ3n) is 3.93. The second-order valence-corrected chi connectivity index (χ2v) is 5.53. The summed E-state index contributed by atoms with van der Waals surface area (Å²) in [6, 6.07) is 12.9. The summed E-state index contributed by atoms with van der Waals surface area (Å²) in [6.07, 6.45) is 0. The van der Waals surface area contributed by atoms with Crippen molar-refractivity contribution in [2.24, 2.45) is 0 Å². The van der Waals surface area contributed by atoms with Crippen molar-refractivity contribution in [3.05, 3.63) is 48.0 Å². The largest absolute Gasteiger partial charge is 0.493 e. The van der Waals surface area contributed by atoms with Crippen LogP contribution in [0.2, 0.25) is 0 Å². The fourth-order valence-corrected chi connectivity index (χ4v) is 2.68. The minimum Gasteiger partial charge on any atom is -0.493 e. The van der Waals surface area contributed by atoms with Crippen LogP contribution in [0.1, 0.15) is 5.56 Å². The Hall–Kier alpha value is -3.15. The minimum atomic E-state index is -0.315. The fourth-order valence-electron chi connectivity index (χ4n) is 2.68. The number of benzene rings is 2. The smallest absolute Gasteiger partial charge is 0.288 e. The molecule has 0 saturated heterocycles. The zero-order chi connectivity index (χ0) is 18.0. The summed E-state index contributed by atoms with van der Waals surface area (Å²) in [5.41, 5.74) is 3.32. The number of hydrogen-bond acceptors (Lipinski definition) is 4. The molecule has 25 heavy (non-hydrogen) atoms. The van der Waals surface area contributed by atoms with E-state index < -0.39 is 0 Å². The molecule has 1 heterocycles. The van der Waals surface area contributed by atoms with Crippen molar-refractivity contribution in [1.82, 2.24) is 9.78 Å². The van der Waals surface area contributed by atoms with E-state index in [1.165, 1.54) is 6.07 Å². The summed E-state index contributed by atoms with van der Waals surface area (Å²) >= 11 is 0. The van der Waals surface area contributed by atoms with Crippen LogP contribution < -0.4 is 14.2 Å². The predicted octanol–water partition coefficient (Wildman–Crippen LogP) is 4.02. The highest BCUT2D eigenvalue weighted by Gasteiger charge is 2.18. The molecule has 0 bridgehead atoms. The molecule has 0 amide bonds. The predicted molar refractivity (Wildman–Crippen MR) is 93.5 cm³/mol. The Morgan fingerprint density at radius 2 is 1.48 bits per heavy atom. The van der Waals surface area contributed by atoms with Gasteiger partial charge >= 0.3 is 0 Å². The van der Waals surface area contributed by atoms with Crippen LogP contribution >= 0.6 is 0 Å². The SMILES string of the molecule is COc1cc(-c2cc([O])nn2-c2ccc(C)cc2)cc(OC)c1OC. The van der Waals surface area contributed by atoms with Gasteiger partial charge in [0, 0.05) is 11.6 Å². The van der Waals surface area contributed by atoms with Crippen molar-refractivity contribution in [3.8, 4) is 40.1 Å². The standard InChI is InChI=1S/C19H19N2O4/c1-12-5-7-14(8-6-12)21-15(11-18(22)20-21)13-9-16(23-2)19(25-4)17(10-13)24-3/h5-11H,1-4H3. The lowest BCUT2D eigenvalue weighted by molar-refractivity contribution is 0.324. The first kappa shape index (κ1) is 16.7. The zero-order valence-corrected chi connectivity index (χ0v) is 14.6. The van der Waals surface area contributed by atoms with Gasteiger partial charge in [0.05, 0.1) is 32.7 Å². The summed E-state index contributed by atoms with van der Waals surface area (Å²) in [5, 5.41) is 16.0. The highest BCUT2D eigenvalue weighted by molar-refractivity contribution is 5.71. The highest BCUT2D eigenvalue weighted by atomic mass is 16.5. The van der Waals surface area contributed by atoms with E-state index >= 15 is 0 Å². The topological polar surface area (TPSA) is 65.4 Å². The van der Waals surface area contributed by atoms with Crippen molar-refractivity contribution in [2.75, 3.05) is 21.3 Å². The van der Waals surface area contributed by atoms with Crippen LogP contribution in [0.3, 0.4) is 0 Å². The molecule has 2 aromatic carbocycles. The molecule has 129 valence electrons. The number of hydrogen-bond donors (Lipinski definition) is 0. The van der Waals surface area contributed by atoms with Gasteiger partial charge in [0.2, 0.25) is 5.75 Å². The van der Waals surface area contributed by atoms with Gasteiger partial charge in [-0.1, -0.05) is 17.7 Å². The molecule has 0 unspecified atom stereocenters. The Bertz CT molecular complexity index is 860. The number of rotatable bonds is 5. The van der Waals surface area contributed by atoms with Crippen molar-refractivity contribution >= 4 is 0 Å². The van der Waals surface area contributed by atoms with Gasteiger partial charge in [0.25, 0.3) is 5.88 Å². The lowest BCUT2D eigenvalue weighted by atomic mass is 10.1. The molecule has 0 atom stereocenters. The fraction of sp³-hybridized carbons (Fsp3) is 0.211. The molecular formula is C19H19N2O4. The van der Waals surface area contributed by atoms with Crippen LogP contribution in [0, 0.1) is 6.92 Å². The molecule has 1 radical (unpaired) electrons. The highest BCUT2D eigenvalue weighted by Crippen LogP contribution is 2.42. The Morgan fingerprint density at radius 1 is 0.880 bits per heavy atom. The van der Waals surface area contributed by atoms with Crippen molar-refractivity contribution in [1.29, 1.82) is 0 Å². The van der Waals surface area contributed by atoms with E-state index in [1.54, 1.807) is 38.1 Å².